The van der Waals surface area contributed by atoms with Crippen LogP contribution in [0.2, 0.25) is 5.02 Å². The molecular weight excluding hydrogens is 308 g/mol. The molecule has 120 valence electrons. The van der Waals surface area contributed by atoms with Crippen LogP contribution in [0.5, 0.6) is 5.88 Å². The number of nitrogens with zero attached hydrogens (tertiary/aromatic N) is 1. The molecule has 0 bridgehead atoms. The first-order valence-corrected chi connectivity index (χ1v) is 7.58. The highest BCUT2D eigenvalue weighted by Crippen LogP contribution is 2.31. The third-order valence-corrected chi connectivity index (χ3v) is 3.99. The molecule has 2 rings (SSSR count). The molecule has 1 heterocycles. The molecule has 1 aromatic heterocycles. The number of hydrogen-bond acceptors (Lipinski definition) is 4. The van der Waals surface area contributed by atoms with Gasteiger partial charge in [0.2, 0.25) is 5.88 Å². The van der Waals surface area contributed by atoms with Crippen LogP contribution < -0.4 is 10.1 Å². The van der Waals surface area contributed by atoms with E-state index >= 15 is 0 Å². The van der Waals surface area contributed by atoms with E-state index in [-0.39, 0.29) is 10.6 Å². The normalized spacial score (nSPS) is 16.7. The number of hydrogen-bond donors (Lipinski definition) is 2. The molecule has 0 aliphatic heterocycles. The molecule has 0 radical (unpaired) electrons. The van der Waals surface area contributed by atoms with Gasteiger partial charge in [0.1, 0.15) is 5.02 Å². The standard InChI is InChI=1S/C15H19ClN2O4/c1-8(15(20)21)9(2)18-13(19)11-5-12(16)14(17-6-11)22-7-10-3-4-10/h5-6,8-10H,3-4,7H2,1-2H3,(H,18,19)(H,20,21). The number of nitrogens with one attached hydrogen (secondary N) is 1. The van der Waals surface area contributed by atoms with E-state index in [0.717, 1.165) is 12.8 Å². The number of carbonyl (C=O) groups excluding carboxylic acids is 1. The van der Waals surface area contributed by atoms with Crippen molar-refractivity contribution in [1.29, 1.82) is 0 Å². The summed E-state index contributed by atoms with van der Waals surface area (Å²) < 4.78 is 5.49. The fourth-order valence-electron chi connectivity index (χ4n) is 1.77. The second-order valence-electron chi connectivity index (χ2n) is 5.65. The number of halogens is 1. The van der Waals surface area contributed by atoms with Gasteiger partial charge >= 0.3 is 5.97 Å². The quantitative estimate of drug-likeness (QED) is 0.803. The molecule has 1 aliphatic rings. The Morgan fingerprint density at radius 2 is 2.18 bits per heavy atom. The minimum atomic E-state index is -0.965. The number of pyridine rings is 1. The van der Waals surface area contributed by atoms with Gasteiger partial charge < -0.3 is 15.2 Å². The van der Waals surface area contributed by atoms with Crippen molar-refractivity contribution < 1.29 is 19.4 Å². The molecule has 2 N–H and O–H groups in total. The fourth-order valence-corrected chi connectivity index (χ4v) is 1.99. The Morgan fingerprint density at radius 1 is 1.50 bits per heavy atom. The van der Waals surface area contributed by atoms with Crippen LogP contribution in [0, 0.1) is 11.8 Å². The lowest BCUT2D eigenvalue weighted by Gasteiger charge is -2.17. The Morgan fingerprint density at radius 3 is 2.73 bits per heavy atom. The van der Waals surface area contributed by atoms with Crippen molar-refractivity contribution in [3.05, 3.63) is 22.8 Å². The first kappa shape index (κ1) is 16.5. The van der Waals surface area contributed by atoms with Crippen molar-refractivity contribution >= 4 is 23.5 Å². The molecule has 1 fully saturated rings. The van der Waals surface area contributed by atoms with E-state index in [4.69, 9.17) is 21.4 Å². The van der Waals surface area contributed by atoms with Crippen molar-refractivity contribution in [2.24, 2.45) is 11.8 Å². The Kier molecular flexibility index (Phi) is 5.24. The van der Waals surface area contributed by atoms with Crippen LogP contribution in [0.1, 0.15) is 37.0 Å². The highest BCUT2D eigenvalue weighted by molar-refractivity contribution is 6.32. The number of carbonyl (C=O) groups is 2. The third kappa shape index (κ3) is 4.34. The number of carboxylic acid groups (broad SMARTS) is 1. The summed E-state index contributed by atoms with van der Waals surface area (Å²) in [7, 11) is 0. The van der Waals surface area contributed by atoms with Gasteiger partial charge in [0.15, 0.2) is 0 Å². The van der Waals surface area contributed by atoms with E-state index in [9.17, 15) is 9.59 Å². The van der Waals surface area contributed by atoms with Gasteiger partial charge in [-0.15, -0.1) is 0 Å². The zero-order chi connectivity index (χ0) is 16.3. The number of aliphatic carboxylic acids is 1. The smallest absolute Gasteiger partial charge is 0.308 e. The molecule has 7 heteroatoms. The highest BCUT2D eigenvalue weighted by atomic mass is 35.5. The monoisotopic (exact) mass is 326 g/mol. The SMILES string of the molecule is CC(NC(=O)c1cnc(OCC2CC2)c(Cl)c1)C(C)C(=O)O. The molecule has 2 atom stereocenters. The molecule has 2 unspecified atom stereocenters. The van der Waals surface area contributed by atoms with Crippen LogP contribution in [0.3, 0.4) is 0 Å². The maximum atomic E-state index is 12.1. The Hall–Kier alpha value is -1.82. The van der Waals surface area contributed by atoms with Crippen LogP contribution in [0.15, 0.2) is 12.3 Å². The highest BCUT2D eigenvalue weighted by Gasteiger charge is 2.24. The average molecular weight is 327 g/mol. The zero-order valence-corrected chi connectivity index (χ0v) is 13.3. The minimum Gasteiger partial charge on any atom is -0.481 e. The maximum absolute atomic E-state index is 12.1. The lowest BCUT2D eigenvalue weighted by molar-refractivity contribution is -0.141. The van der Waals surface area contributed by atoms with Crippen molar-refractivity contribution in [1.82, 2.24) is 10.3 Å². The summed E-state index contributed by atoms with van der Waals surface area (Å²) in [4.78, 5) is 27.0. The van der Waals surface area contributed by atoms with Gasteiger partial charge in [0.05, 0.1) is 18.1 Å². The van der Waals surface area contributed by atoms with Gasteiger partial charge in [-0.25, -0.2) is 4.98 Å². The van der Waals surface area contributed by atoms with Gasteiger partial charge in [-0.05, 0) is 38.7 Å². The van der Waals surface area contributed by atoms with E-state index in [2.05, 4.69) is 10.3 Å². The molecule has 0 saturated heterocycles. The fraction of sp³-hybridized carbons (Fsp3) is 0.533. The number of amides is 1. The maximum Gasteiger partial charge on any atom is 0.308 e. The molecule has 0 spiro atoms. The van der Waals surface area contributed by atoms with E-state index in [1.54, 1.807) is 6.92 Å². The molecule has 1 aromatic rings. The second kappa shape index (κ2) is 6.96. The van der Waals surface area contributed by atoms with Gasteiger partial charge in [-0.2, -0.15) is 0 Å². The van der Waals surface area contributed by atoms with Gasteiger partial charge in [0.25, 0.3) is 5.91 Å². The lowest BCUT2D eigenvalue weighted by atomic mass is 10.0. The number of carboxylic acids is 1. The number of rotatable bonds is 7. The van der Waals surface area contributed by atoms with Crippen LogP contribution in [0.4, 0.5) is 0 Å². The van der Waals surface area contributed by atoms with E-state index < -0.39 is 23.8 Å². The van der Waals surface area contributed by atoms with Crippen LogP contribution in [-0.2, 0) is 4.79 Å². The first-order chi connectivity index (χ1) is 10.4. The van der Waals surface area contributed by atoms with E-state index in [0.29, 0.717) is 18.4 Å². The number of ether oxygens (including phenoxy) is 1. The molecule has 1 amide bonds. The van der Waals surface area contributed by atoms with Crippen molar-refractivity contribution in [3.8, 4) is 5.88 Å². The van der Waals surface area contributed by atoms with E-state index in [1.807, 2.05) is 0 Å². The Bertz CT molecular complexity index is 575. The number of aromatic nitrogens is 1. The largest absolute Gasteiger partial charge is 0.481 e. The summed E-state index contributed by atoms with van der Waals surface area (Å²) in [6, 6.07) is 0.971. The van der Waals surface area contributed by atoms with Crippen molar-refractivity contribution in [2.75, 3.05) is 6.61 Å². The Labute approximate surface area is 133 Å². The summed E-state index contributed by atoms with van der Waals surface area (Å²) in [6.07, 6.45) is 3.71. The topological polar surface area (TPSA) is 88.5 Å². The third-order valence-electron chi connectivity index (χ3n) is 3.72. The summed E-state index contributed by atoms with van der Waals surface area (Å²) in [5, 5.41) is 11.8. The molecule has 0 aromatic carbocycles. The molecule has 1 aliphatic carbocycles. The first-order valence-electron chi connectivity index (χ1n) is 7.20. The van der Waals surface area contributed by atoms with Gasteiger partial charge in [-0.3, -0.25) is 9.59 Å². The lowest BCUT2D eigenvalue weighted by Crippen LogP contribution is -2.40. The van der Waals surface area contributed by atoms with Gasteiger partial charge in [0, 0.05) is 12.2 Å². The van der Waals surface area contributed by atoms with Crippen LogP contribution in [-0.4, -0.2) is 34.6 Å². The van der Waals surface area contributed by atoms with Crippen molar-refractivity contribution in [2.45, 2.75) is 32.7 Å². The molecule has 6 nitrogen and oxygen atoms in total. The molecule has 22 heavy (non-hydrogen) atoms. The minimum absolute atomic E-state index is 0.271. The van der Waals surface area contributed by atoms with E-state index in [1.165, 1.54) is 19.2 Å². The predicted octanol–water partition coefficient (Wildman–Crippen LogP) is 2.36. The Balaban J connectivity index is 1.97. The van der Waals surface area contributed by atoms with Crippen LogP contribution >= 0.6 is 11.6 Å². The summed E-state index contributed by atoms with van der Waals surface area (Å²) >= 11 is 6.07. The molecular formula is C15H19ClN2O4. The zero-order valence-electron chi connectivity index (χ0n) is 12.5. The summed E-state index contributed by atoms with van der Waals surface area (Å²) in [5.41, 5.74) is 0.271. The predicted molar refractivity (Wildman–Crippen MR) is 81.2 cm³/mol. The average Bonchev–Trinajstić information content (AvgIpc) is 3.28. The van der Waals surface area contributed by atoms with Gasteiger partial charge in [-0.1, -0.05) is 11.6 Å². The van der Waals surface area contributed by atoms with Crippen LogP contribution in [0.25, 0.3) is 0 Å². The summed E-state index contributed by atoms with van der Waals surface area (Å²) in [6.45, 7) is 3.76. The van der Waals surface area contributed by atoms with Crippen molar-refractivity contribution in [3.63, 3.8) is 0 Å². The second-order valence-corrected chi connectivity index (χ2v) is 6.06. The molecule has 1 saturated carbocycles. The summed E-state index contributed by atoms with van der Waals surface area (Å²) in [5.74, 6) is -1.17.